The fourth-order valence-electron chi connectivity index (χ4n) is 2.41. The van der Waals surface area contributed by atoms with Crippen molar-refractivity contribution in [3.8, 4) is 6.07 Å². The molecule has 0 aliphatic rings. The summed E-state index contributed by atoms with van der Waals surface area (Å²) >= 11 is 0. The van der Waals surface area contributed by atoms with Gasteiger partial charge in [0.25, 0.3) is 0 Å². The van der Waals surface area contributed by atoms with Crippen molar-refractivity contribution in [2.75, 3.05) is 19.8 Å². The summed E-state index contributed by atoms with van der Waals surface area (Å²) in [5.41, 5.74) is -0.342. The molecule has 134 valence electrons. The second kappa shape index (κ2) is 10.3. The van der Waals surface area contributed by atoms with Crippen LogP contribution in [0.1, 0.15) is 31.4 Å². The molecule has 0 aromatic heterocycles. The molecule has 0 saturated heterocycles. The molecule has 6 nitrogen and oxygen atoms in total. The smallest absolute Gasteiger partial charge is 0.324 e. The Morgan fingerprint density at radius 2 is 1.68 bits per heavy atom. The van der Waals surface area contributed by atoms with Crippen molar-refractivity contribution in [3.63, 3.8) is 0 Å². The first-order valence-electron chi connectivity index (χ1n) is 8.13. The van der Waals surface area contributed by atoms with Gasteiger partial charge in [-0.1, -0.05) is 24.3 Å². The predicted molar refractivity (Wildman–Crippen MR) is 91.4 cm³/mol. The molecule has 1 N–H and O–H groups in total. The number of ether oxygens (including phenoxy) is 2. The van der Waals surface area contributed by atoms with Gasteiger partial charge in [-0.05, 0) is 44.4 Å². The molecular formula is C19H23NO5. The van der Waals surface area contributed by atoms with E-state index >= 15 is 0 Å². The number of nitrogens with zero attached hydrogens (tertiary/aromatic N) is 1. The maximum Gasteiger partial charge on any atom is 0.324 e. The SMILES string of the molecule is CCOC(=O)C(C/C=C\CO)(Cc1ccc(C#N)cc1)C(=O)OCC. The summed E-state index contributed by atoms with van der Waals surface area (Å²) < 4.78 is 10.3. The van der Waals surface area contributed by atoms with E-state index in [0.29, 0.717) is 11.1 Å². The number of aliphatic hydroxyl groups excluding tert-OH is 1. The number of hydrogen-bond acceptors (Lipinski definition) is 6. The highest BCUT2D eigenvalue weighted by molar-refractivity contribution is 6.00. The number of carbonyl (C=O) groups is 2. The monoisotopic (exact) mass is 345 g/mol. The number of esters is 2. The molecule has 0 unspecified atom stereocenters. The predicted octanol–water partition coefficient (Wildman–Crippen LogP) is 2.15. The Morgan fingerprint density at radius 1 is 1.12 bits per heavy atom. The van der Waals surface area contributed by atoms with Crippen LogP contribution in [0, 0.1) is 16.7 Å². The molecule has 0 saturated carbocycles. The highest BCUT2D eigenvalue weighted by Crippen LogP contribution is 2.32. The van der Waals surface area contributed by atoms with E-state index in [1.54, 1.807) is 44.2 Å². The second-order valence-corrected chi connectivity index (χ2v) is 5.37. The molecule has 25 heavy (non-hydrogen) atoms. The summed E-state index contributed by atoms with van der Waals surface area (Å²) in [5.74, 6) is -1.33. The Bertz CT molecular complexity index is 625. The van der Waals surface area contributed by atoms with Crippen LogP contribution < -0.4 is 0 Å². The quantitative estimate of drug-likeness (QED) is 0.418. The molecule has 0 amide bonds. The van der Waals surface area contributed by atoms with Crippen molar-refractivity contribution in [1.82, 2.24) is 0 Å². The lowest BCUT2D eigenvalue weighted by Crippen LogP contribution is -2.43. The van der Waals surface area contributed by atoms with E-state index in [0.717, 1.165) is 0 Å². The summed E-state index contributed by atoms with van der Waals surface area (Å²) in [6.07, 6.45) is 3.15. The summed E-state index contributed by atoms with van der Waals surface area (Å²) in [4.78, 5) is 25.3. The molecule has 0 heterocycles. The Balaban J connectivity index is 3.28. The number of nitriles is 1. The zero-order chi connectivity index (χ0) is 18.7. The van der Waals surface area contributed by atoms with Gasteiger partial charge >= 0.3 is 11.9 Å². The number of rotatable bonds is 9. The van der Waals surface area contributed by atoms with E-state index in [2.05, 4.69) is 0 Å². The summed E-state index contributed by atoms with van der Waals surface area (Å²) in [5, 5.41) is 17.8. The molecule has 0 radical (unpaired) electrons. The van der Waals surface area contributed by atoms with Gasteiger partial charge in [0.05, 0.1) is 31.5 Å². The van der Waals surface area contributed by atoms with Gasteiger partial charge in [0.2, 0.25) is 0 Å². The van der Waals surface area contributed by atoms with E-state index in [4.69, 9.17) is 19.8 Å². The largest absolute Gasteiger partial charge is 0.465 e. The van der Waals surface area contributed by atoms with Crippen molar-refractivity contribution in [2.45, 2.75) is 26.7 Å². The van der Waals surface area contributed by atoms with Gasteiger partial charge in [0.15, 0.2) is 5.41 Å². The van der Waals surface area contributed by atoms with Gasteiger partial charge in [0, 0.05) is 0 Å². The van der Waals surface area contributed by atoms with Crippen molar-refractivity contribution in [1.29, 1.82) is 5.26 Å². The molecule has 0 spiro atoms. The summed E-state index contributed by atoms with van der Waals surface area (Å²) in [6, 6.07) is 8.66. The van der Waals surface area contributed by atoms with E-state index in [1.807, 2.05) is 6.07 Å². The van der Waals surface area contributed by atoms with Gasteiger partial charge < -0.3 is 14.6 Å². The topological polar surface area (TPSA) is 96.6 Å². The third kappa shape index (κ3) is 5.44. The van der Waals surface area contributed by atoms with E-state index in [-0.39, 0.29) is 32.7 Å². The molecule has 6 heteroatoms. The van der Waals surface area contributed by atoms with Gasteiger partial charge in [-0.25, -0.2) is 0 Å². The van der Waals surface area contributed by atoms with Crippen LogP contribution in [0.3, 0.4) is 0 Å². The van der Waals surface area contributed by atoms with Crippen molar-refractivity contribution >= 4 is 11.9 Å². The van der Waals surface area contributed by atoms with Crippen LogP contribution in [-0.4, -0.2) is 36.9 Å². The Morgan fingerprint density at radius 3 is 2.12 bits per heavy atom. The maximum absolute atomic E-state index is 12.6. The number of hydrogen-bond donors (Lipinski definition) is 1. The highest BCUT2D eigenvalue weighted by Gasteiger charge is 2.48. The van der Waals surface area contributed by atoms with Gasteiger partial charge in [0.1, 0.15) is 0 Å². The molecule has 0 bridgehead atoms. The lowest BCUT2D eigenvalue weighted by molar-refractivity contribution is -0.171. The van der Waals surface area contributed by atoms with E-state index in [9.17, 15) is 9.59 Å². The number of carbonyl (C=O) groups excluding carboxylic acids is 2. The van der Waals surface area contributed by atoms with Crippen LogP contribution in [0.25, 0.3) is 0 Å². The average molecular weight is 345 g/mol. The number of allylic oxidation sites excluding steroid dienone is 1. The Kier molecular flexibility index (Phi) is 8.37. The van der Waals surface area contributed by atoms with Crippen LogP contribution in [0.15, 0.2) is 36.4 Å². The first-order valence-corrected chi connectivity index (χ1v) is 8.13. The minimum Gasteiger partial charge on any atom is -0.465 e. The fourth-order valence-corrected chi connectivity index (χ4v) is 2.41. The molecule has 0 atom stereocenters. The lowest BCUT2D eigenvalue weighted by atomic mass is 9.78. The minimum atomic E-state index is -1.54. The van der Waals surface area contributed by atoms with Gasteiger partial charge in [-0.3, -0.25) is 9.59 Å². The van der Waals surface area contributed by atoms with Gasteiger partial charge in [-0.2, -0.15) is 5.26 Å². The second-order valence-electron chi connectivity index (χ2n) is 5.37. The Hall–Kier alpha value is -2.65. The minimum absolute atomic E-state index is 0.0469. The molecule has 1 aromatic carbocycles. The molecule has 0 fully saturated rings. The molecule has 1 aromatic rings. The van der Waals surface area contributed by atoms with Crippen LogP contribution in [-0.2, 0) is 25.5 Å². The molecule has 1 rings (SSSR count). The normalized spacial score (nSPS) is 11.1. The zero-order valence-corrected chi connectivity index (χ0v) is 14.5. The Labute approximate surface area is 147 Å². The maximum atomic E-state index is 12.6. The van der Waals surface area contributed by atoms with Crippen LogP contribution in [0.4, 0.5) is 0 Å². The third-order valence-corrected chi connectivity index (χ3v) is 3.66. The lowest BCUT2D eigenvalue weighted by Gasteiger charge is -2.28. The standard InChI is InChI=1S/C19H23NO5/c1-3-24-17(22)19(11-5-6-12-21,18(23)25-4-2)13-15-7-9-16(14-20)10-8-15/h5-10,21H,3-4,11-13H2,1-2H3/b6-5-. The van der Waals surface area contributed by atoms with Gasteiger partial charge in [-0.15, -0.1) is 0 Å². The summed E-state index contributed by atoms with van der Waals surface area (Å²) in [6.45, 7) is 3.41. The van der Waals surface area contributed by atoms with E-state index in [1.165, 1.54) is 6.08 Å². The molecule has 0 aliphatic heterocycles. The van der Waals surface area contributed by atoms with Crippen LogP contribution in [0.2, 0.25) is 0 Å². The summed E-state index contributed by atoms with van der Waals surface area (Å²) in [7, 11) is 0. The highest BCUT2D eigenvalue weighted by atomic mass is 16.6. The molecule has 0 aliphatic carbocycles. The zero-order valence-electron chi connectivity index (χ0n) is 14.5. The average Bonchev–Trinajstić information content (AvgIpc) is 2.62. The number of benzene rings is 1. The van der Waals surface area contributed by atoms with Crippen molar-refractivity contribution in [3.05, 3.63) is 47.5 Å². The van der Waals surface area contributed by atoms with Crippen molar-refractivity contribution < 1.29 is 24.2 Å². The first kappa shape index (κ1) is 20.4. The number of aliphatic hydroxyl groups is 1. The van der Waals surface area contributed by atoms with Crippen LogP contribution in [0.5, 0.6) is 0 Å². The van der Waals surface area contributed by atoms with Crippen molar-refractivity contribution in [2.24, 2.45) is 5.41 Å². The molecular weight excluding hydrogens is 322 g/mol. The van der Waals surface area contributed by atoms with E-state index < -0.39 is 17.4 Å². The third-order valence-electron chi connectivity index (χ3n) is 3.66. The first-order chi connectivity index (χ1) is 12.0. The van der Waals surface area contributed by atoms with Crippen LogP contribution >= 0.6 is 0 Å². The fraction of sp³-hybridized carbons (Fsp3) is 0.421.